The molecule has 124 valence electrons. The van der Waals surface area contributed by atoms with E-state index < -0.39 is 0 Å². The third kappa shape index (κ3) is 6.69. The molecular weight excluding hydrogens is 274 g/mol. The van der Waals surface area contributed by atoms with Crippen LogP contribution in [-0.4, -0.2) is 25.9 Å². The molecule has 1 aromatic carbocycles. The second-order valence-electron chi connectivity index (χ2n) is 6.17. The number of rotatable bonds is 11. The topological polar surface area (TPSA) is 30.5 Å². The first-order valence-corrected chi connectivity index (χ1v) is 8.97. The van der Waals surface area contributed by atoms with E-state index in [4.69, 9.17) is 9.47 Å². The van der Waals surface area contributed by atoms with Crippen LogP contribution in [0.5, 0.6) is 5.75 Å². The Bertz CT molecular complexity index is 402. The molecule has 0 amide bonds. The molecule has 0 aliphatic carbocycles. The number of benzene rings is 1. The van der Waals surface area contributed by atoms with Gasteiger partial charge < -0.3 is 14.8 Å². The maximum absolute atomic E-state index is 5.84. The van der Waals surface area contributed by atoms with Crippen LogP contribution in [0.25, 0.3) is 0 Å². The number of ether oxygens (including phenoxy) is 2. The molecular formula is C19H31NO2. The second-order valence-corrected chi connectivity index (χ2v) is 6.17. The summed E-state index contributed by atoms with van der Waals surface area (Å²) in [7, 11) is 0. The van der Waals surface area contributed by atoms with Crippen molar-refractivity contribution < 1.29 is 9.47 Å². The molecule has 1 aromatic rings. The number of hydrogen-bond donors (Lipinski definition) is 1. The summed E-state index contributed by atoms with van der Waals surface area (Å²) in [5, 5.41) is 3.49. The summed E-state index contributed by atoms with van der Waals surface area (Å²) < 4.78 is 11.4. The van der Waals surface area contributed by atoms with Crippen molar-refractivity contribution in [2.75, 3.05) is 25.1 Å². The van der Waals surface area contributed by atoms with Crippen molar-refractivity contribution in [1.29, 1.82) is 0 Å². The first-order chi connectivity index (χ1) is 10.9. The van der Waals surface area contributed by atoms with Crippen molar-refractivity contribution >= 4 is 5.69 Å². The van der Waals surface area contributed by atoms with E-state index in [2.05, 4.69) is 30.4 Å². The highest BCUT2D eigenvalue weighted by Gasteiger charge is 2.15. The molecule has 0 radical (unpaired) electrons. The molecule has 1 saturated heterocycles. The van der Waals surface area contributed by atoms with Gasteiger partial charge in [-0.1, -0.05) is 45.1 Å². The van der Waals surface area contributed by atoms with Crippen LogP contribution >= 0.6 is 0 Å². The summed E-state index contributed by atoms with van der Waals surface area (Å²) in [6.07, 6.45) is 10.5. The molecule has 1 fully saturated rings. The quantitative estimate of drug-likeness (QED) is 0.582. The monoisotopic (exact) mass is 305 g/mol. The summed E-state index contributed by atoms with van der Waals surface area (Å²) in [5.41, 5.74) is 1.15. The lowest BCUT2D eigenvalue weighted by molar-refractivity contribution is 0.0680. The van der Waals surface area contributed by atoms with Gasteiger partial charge in [0, 0.05) is 24.9 Å². The Kier molecular flexibility index (Phi) is 8.18. The molecule has 2 rings (SSSR count). The highest BCUT2D eigenvalue weighted by molar-refractivity contribution is 5.48. The standard InChI is InChI=1S/C19H31NO2/c1-2-3-4-5-6-7-13-20-17-10-8-11-18(15-17)22-16-19-12-9-14-21-19/h8,10-11,15,19-20H,2-7,9,12-14,16H2,1H3. The molecule has 1 aliphatic heterocycles. The fourth-order valence-corrected chi connectivity index (χ4v) is 2.80. The van der Waals surface area contributed by atoms with E-state index in [0.29, 0.717) is 6.61 Å². The lowest BCUT2D eigenvalue weighted by Crippen LogP contribution is -2.16. The SMILES string of the molecule is CCCCCCCCNc1cccc(OCC2CCCO2)c1. The van der Waals surface area contributed by atoms with Gasteiger partial charge in [-0.25, -0.2) is 0 Å². The van der Waals surface area contributed by atoms with E-state index in [0.717, 1.165) is 37.4 Å². The lowest BCUT2D eigenvalue weighted by atomic mass is 10.1. The maximum atomic E-state index is 5.84. The minimum absolute atomic E-state index is 0.278. The van der Waals surface area contributed by atoms with Crippen LogP contribution in [0.15, 0.2) is 24.3 Å². The van der Waals surface area contributed by atoms with Crippen molar-refractivity contribution in [2.24, 2.45) is 0 Å². The summed E-state index contributed by atoms with van der Waals surface area (Å²) in [6.45, 7) is 4.85. The fourth-order valence-electron chi connectivity index (χ4n) is 2.80. The Morgan fingerprint density at radius 1 is 1.18 bits per heavy atom. The summed E-state index contributed by atoms with van der Waals surface area (Å²) in [4.78, 5) is 0. The van der Waals surface area contributed by atoms with Gasteiger partial charge in [-0.05, 0) is 31.4 Å². The van der Waals surface area contributed by atoms with Crippen LogP contribution in [0.1, 0.15) is 58.3 Å². The Hall–Kier alpha value is -1.22. The van der Waals surface area contributed by atoms with E-state index >= 15 is 0 Å². The fraction of sp³-hybridized carbons (Fsp3) is 0.684. The van der Waals surface area contributed by atoms with Gasteiger partial charge in [0.2, 0.25) is 0 Å². The Morgan fingerprint density at radius 3 is 2.86 bits per heavy atom. The van der Waals surface area contributed by atoms with Gasteiger partial charge in [0.05, 0.1) is 6.10 Å². The van der Waals surface area contributed by atoms with Gasteiger partial charge in [0.15, 0.2) is 0 Å². The molecule has 0 spiro atoms. The summed E-state index contributed by atoms with van der Waals surface area (Å²) in [6, 6.07) is 8.27. The Labute approximate surface area is 135 Å². The highest BCUT2D eigenvalue weighted by Crippen LogP contribution is 2.19. The first-order valence-electron chi connectivity index (χ1n) is 8.97. The van der Waals surface area contributed by atoms with Gasteiger partial charge in [-0.2, -0.15) is 0 Å². The molecule has 3 heteroatoms. The molecule has 0 saturated carbocycles. The lowest BCUT2D eigenvalue weighted by Gasteiger charge is -2.13. The first kappa shape index (κ1) is 17.1. The van der Waals surface area contributed by atoms with E-state index in [1.54, 1.807) is 0 Å². The van der Waals surface area contributed by atoms with Gasteiger partial charge in [0.25, 0.3) is 0 Å². The van der Waals surface area contributed by atoms with Crippen LogP contribution in [-0.2, 0) is 4.74 Å². The normalized spacial score (nSPS) is 17.6. The van der Waals surface area contributed by atoms with Gasteiger partial charge in [-0.3, -0.25) is 0 Å². The van der Waals surface area contributed by atoms with Crippen LogP contribution < -0.4 is 10.1 Å². The summed E-state index contributed by atoms with van der Waals surface area (Å²) >= 11 is 0. The Morgan fingerprint density at radius 2 is 2.05 bits per heavy atom. The van der Waals surface area contributed by atoms with Crippen LogP contribution in [0.4, 0.5) is 5.69 Å². The molecule has 1 aliphatic rings. The van der Waals surface area contributed by atoms with Gasteiger partial charge in [-0.15, -0.1) is 0 Å². The molecule has 0 aromatic heterocycles. The summed E-state index contributed by atoms with van der Waals surface area (Å²) in [5.74, 6) is 0.934. The third-order valence-electron chi connectivity index (χ3n) is 4.15. The number of unbranched alkanes of at least 4 members (excludes halogenated alkanes) is 5. The van der Waals surface area contributed by atoms with Crippen LogP contribution in [0, 0.1) is 0 Å². The average Bonchev–Trinajstić information content (AvgIpc) is 3.06. The second kappa shape index (κ2) is 10.5. The van der Waals surface area contributed by atoms with Crippen LogP contribution in [0.2, 0.25) is 0 Å². The third-order valence-corrected chi connectivity index (χ3v) is 4.15. The molecule has 1 N–H and O–H groups in total. The van der Waals surface area contributed by atoms with Gasteiger partial charge >= 0.3 is 0 Å². The molecule has 1 heterocycles. The smallest absolute Gasteiger partial charge is 0.121 e. The highest BCUT2D eigenvalue weighted by atomic mass is 16.5. The van der Waals surface area contributed by atoms with E-state index in [-0.39, 0.29) is 6.10 Å². The van der Waals surface area contributed by atoms with Crippen molar-refractivity contribution in [3.05, 3.63) is 24.3 Å². The van der Waals surface area contributed by atoms with Crippen molar-refractivity contribution in [1.82, 2.24) is 0 Å². The van der Waals surface area contributed by atoms with Crippen molar-refractivity contribution in [3.8, 4) is 5.75 Å². The number of anilines is 1. The van der Waals surface area contributed by atoms with Crippen molar-refractivity contribution in [2.45, 2.75) is 64.4 Å². The van der Waals surface area contributed by atoms with Crippen LogP contribution in [0.3, 0.4) is 0 Å². The van der Waals surface area contributed by atoms with Gasteiger partial charge in [0.1, 0.15) is 12.4 Å². The molecule has 3 nitrogen and oxygen atoms in total. The number of nitrogens with one attached hydrogen (secondary N) is 1. The molecule has 0 bridgehead atoms. The zero-order valence-corrected chi connectivity index (χ0v) is 14.0. The maximum Gasteiger partial charge on any atom is 0.121 e. The zero-order valence-electron chi connectivity index (χ0n) is 14.0. The number of hydrogen-bond acceptors (Lipinski definition) is 3. The zero-order chi connectivity index (χ0) is 15.5. The molecule has 22 heavy (non-hydrogen) atoms. The minimum Gasteiger partial charge on any atom is -0.491 e. The Balaban J connectivity index is 1.61. The largest absolute Gasteiger partial charge is 0.491 e. The predicted molar refractivity (Wildman–Crippen MR) is 92.8 cm³/mol. The average molecular weight is 305 g/mol. The van der Waals surface area contributed by atoms with E-state index in [1.165, 1.54) is 38.5 Å². The molecule has 1 unspecified atom stereocenters. The van der Waals surface area contributed by atoms with E-state index in [9.17, 15) is 0 Å². The molecule has 1 atom stereocenters. The minimum atomic E-state index is 0.278. The predicted octanol–water partition coefficient (Wildman–Crippen LogP) is 5.02. The van der Waals surface area contributed by atoms with E-state index in [1.807, 2.05) is 6.07 Å². The van der Waals surface area contributed by atoms with Crippen molar-refractivity contribution in [3.63, 3.8) is 0 Å².